The van der Waals surface area contributed by atoms with Crippen molar-refractivity contribution in [2.75, 3.05) is 26.4 Å². The zero-order valence-corrected chi connectivity index (χ0v) is 27.6. The number of hydrogen-bond acceptors (Lipinski definition) is 7. The Labute approximate surface area is 256 Å². The highest BCUT2D eigenvalue weighted by Crippen LogP contribution is 2.42. The molecule has 0 rings (SSSR count). The summed E-state index contributed by atoms with van der Waals surface area (Å²) in [6, 6.07) is 0. The molecule has 0 aliphatic rings. The van der Waals surface area contributed by atoms with E-state index >= 15 is 0 Å². The molecule has 2 unspecified atom stereocenters. The molecule has 0 bridgehead atoms. The molecule has 10 heteroatoms. The zero-order valence-electron chi connectivity index (χ0n) is 26.7. The molecule has 3 N–H and O–H groups in total. The van der Waals surface area contributed by atoms with Gasteiger partial charge < -0.3 is 20.1 Å². The van der Waals surface area contributed by atoms with Crippen LogP contribution in [0.3, 0.4) is 0 Å². The lowest BCUT2D eigenvalue weighted by atomic mass is 10.1. The Kier molecular flexibility index (Phi) is 28.9. The van der Waals surface area contributed by atoms with Crippen molar-refractivity contribution in [1.82, 2.24) is 5.32 Å². The maximum absolute atomic E-state index is 12.0. The maximum Gasteiger partial charge on any atom is 0.472 e. The van der Waals surface area contributed by atoms with Crippen molar-refractivity contribution in [2.24, 2.45) is 0 Å². The first-order valence-corrected chi connectivity index (χ1v) is 18.2. The topological polar surface area (TPSA) is 131 Å². The van der Waals surface area contributed by atoms with Gasteiger partial charge in [-0.2, -0.15) is 0 Å². The molecule has 42 heavy (non-hydrogen) atoms. The van der Waals surface area contributed by atoms with Gasteiger partial charge in [0.15, 0.2) is 0 Å². The van der Waals surface area contributed by atoms with Gasteiger partial charge in [0.05, 0.1) is 13.2 Å². The molecule has 0 aromatic carbocycles. The molecule has 2 atom stereocenters. The number of unbranched alkanes of at least 4 members (excludes halogenated alkanes) is 16. The summed E-state index contributed by atoms with van der Waals surface area (Å²) in [6.07, 6.45) is 26.0. The van der Waals surface area contributed by atoms with Crippen LogP contribution in [0.15, 0.2) is 12.2 Å². The minimum absolute atomic E-state index is 0.0798. The van der Waals surface area contributed by atoms with Crippen LogP contribution in [-0.4, -0.2) is 54.3 Å². The van der Waals surface area contributed by atoms with E-state index < -0.39 is 26.5 Å². The van der Waals surface area contributed by atoms with Crippen LogP contribution in [0.4, 0.5) is 0 Å². The molecule has 0 radical (unpaired) electrons. The van der Waals surface area contributed by atoms with Gasteiger partial charge in [-0.15, -0.1) is 0 Å². The predicted molar refractivity (Wildman–Crippen MR) is 169 cm³/mol. The Hall–Kier alpha value is -1.25. The quantitative estimate of drug-likeness (QED) is 0.0309. The van der Waals surface area contributed by atoms with Gasteiger partial charge in [-0.25, -0.2) is 4.57 Å². The van der Waals surface area contributed by atoms with E-state index in [0.29, 0.717) is 6.42 Å². The SMILES string of the molecule is CCCCCCCC/C=C\CCCCCCCC(=O)NCCOP(=O)(O)OCC(O)COC(=O)CCCCCCCC. The number of allylic oxidation sites excluding steroid dienone is 2. The number of rotatable bonds is 31. The average molecular weight is 620 g/mol. The predicted octanol–water partition coefficient (Wildman–Crippen LogP) is 7.93. The number of phosphoric acid groups is 1. The van der Waals surface area contributed by atoms with Crippen LogP contribution in [0.1, 0.15) is 149 Å². The van der Waals surface area contributed by atoms with E-state index in [1.807, 2.05) is 0 Å². The van der Waals surface area contributed by atoms with Crippen LogP contribution in [0.25, 0.3) is 0 Å². The third-order valence-corrected chi connectivity index (χ3v) is 7.93. The van der Waals surface area contributed by atoms with Crippen molar-refractivity contribution in [3.05, 3.63) is 12.2 Å². The third kappa shape index (κ3) is 30.2. The normalized spacial score (nSPS) is 13.7. The molecule has 1 amide bonds. The summed E-state index contributed by atoms with van der Waals surface area (Å²) in [4.78, 5) is 33.4. The first-order chi connectivity index (χ1) is 20.3. The van der Waals surface area contributed by atoms with Gasteiger partial charge in [0.1, 0.15) is 12.7 Å². The minimum atomic E-state index is -4.40. The molecule has 9 nitrogen and oxygen atoms in total. The highest BCUT2D eigenvalue weighted by atomic mass is 31.2. The summed E-state index contributed by atoms with van der Waals surface area (Å²) in [5.74, 6) is -0.534. The molecule has 0 saturated heterocycles. The molecule has 0 aliphatic carbocycles. The highest BCUT2D eigenvalue weighted by Gasteiger charge is 2.23. The number of aliphatic hydroxyl groups is 1. The van der Waals surface area contributed by atoms with Crippen molar-refractivity contribution in [3.63, 3.8) is 0 Å². The molecule has 248 valence electrons. The second-order valence-corrected chi connectivity index (χ2v) is 12.6. The van der Waals surface area contributed by atoms with E-state index in [2.05, 4.69) is 31.3 Å². The Morgan fingerprint density at radius 2 is 1.21 bits per heavy atom. The summed E-state index contributed by atoms with van der Waals surface area (Å²) in [7, 11) is -4.40. The van der Waals surface area contributed by atoms with Gasteiger partial charge >= 0.3 is 13.8 Å². The molecule has 0 fully saturated rings. The number of aliphatic hydroxyl groups excluding tert-OH is 1. The van der Waals surface area contributed by atoms with Gasteiger partial charge in [-0.1, -0.05) is 109 Å². The van der Waals surface area contributed by atoms with E-state index in [-0.39, 0.29) is 32.1 Å². The number of nitrogens with one attached hydrogen (secondary N) is 1. The van der Waals surface area contributed by atoms with Gasteiger partial charge in [-0.3, -0.25) is 18.6 Å². The molecule has 0 heterocycles. The molecule has 0 saturated carbocycles. The largest absolute Gasteiger partial charge is 0.472 e. The van der Waals surface area contributed by atoms with E-state index in [0.717, 1.165) is 51.4 Å². The maximum atomic E-state index is 12.0. The van der Waals surface area contributed by atoms with Crippen LogP contribution in [-0.2, 0) is 27.9 Å². The summed E-state index contributed by atoms with van der Waals surface area (Å²) < 4.78 is 26.5. The van der Waals surface area contributed by atoms with Crippen LogP contribution >= 0.6 is 7.82 Å². The minimum Gasteiger partial charge on any atom is -0.463 e. The smallest absolute Gasteiger partial charge is 0.463 e. The lowest BCUT2D eigenvalue weighted by Gasteiger charge is -2.15. The molecule has 0 aromatic rings. The molecular formula is C32H62NO8P. The summed E-state index contributed by atoms with van der Waals surface area (Å²) in [5, 5.41) is 12.5. The van der Waals surface area contributed by atoms with E-state index in [4.69, 9.17) is 13.8 Å². The number of carbonyl (C=O) groups excluding carboxylic acids is 2. The monoisotopic (exact) mass is 619 g/mol. The standard InChI is InChI=1S/C32H62NO8P/c1-3-5-7-9-11-12-13-14-15-16-17-18-19-20-22-24-31(35)33-26-27-40-42(37,38)41-29-30(34)28-39-32(36)25-23-21-10-8-6-4-2/h14-15,30,34H,3-13,16-29H2,1-2H3,(H,33,35)(H,37,38)/b15-14-. The Balaban J connectivity index is 3.63. The van der Waals surface area contributed by atoms with Crippen molar-refractivity contribution < 1.29 is 37.9 Å². The lowest BCUT2D eigenvalue weighted by molar-refractivity contribution is -0.147. The molecule has 0 aromatic heterocycles. The number of esters is 1. The van der Waals surface area contributed by atoms with E-state index in [9.17, 15) is 24.2 Å². The van der Waals surface area contributed by atoms with Crippen molar-refractivity contribution >= 4 is 19.7 Å². The molecular weight excluding hydrogens is 557 g/mol. The Bertz CT molecular complexity index is 719. The van der Waals surface area contributed by atoms with E-state index in [1.54, 1.807) is 0 Å². The van der Waals surface area contributed by atoms with Crippen LogP contribution in [0.5, 0.6) is 0 Å². The van der Waals surface area contributed by atoms with E-state index in [1.165, 1.54) is 70.6 Å². The fourth-order valence-corrected chi connectivity index (χ4v) is 5.13. The molecule has 0 aliphatic heterocycles. The second-order valence-electron chi connectivity index (χ2n) is 11.1. The van der Waals surface area contributed by atoms with Gasteiger partial charge in [0.25, 0.3) is 0 Å². The first kappa shape index (κ1) is 40.8. The number of phosphoric ester groups is 1. The fourth-order valence-electron chi connectivity index (χ4n) is 4.37. The third-order valence-electron chi connectivity index (χ3n) is 6.95. The van der Waals surface area contributed by atoms with Crippen LogP contribution in [0.2, 0.25) is 0 Å². The molecule has 0 spiro atoms. The highest BCUT2D eigenvalue weighted by molar-refractivity contribution is 7.47. The zero-order chi connectivity index (χ0) is 31.2. The van der Waals surface area contributed by atoms with Gasteiger partial charge in [-0.05, 0) is 38.5 Å². The number of amides is 1. The average Bonchev–Trinajstić information content (AvgIpc) is 2.97. The summed E-state index contributed by atoms with van der Waals surface area (Å²) >= 11 is 0. The van der Waals surface area contributed by atoms with Crippen molar-refractivity contribution in [3.8, 4) is 0 Å². The second kappa shape index (κ2) is 29.8. The van der Waals surface area contributed by atoms with Crippen molar-refractivity contribution in [2.45, 2.75) is 155 Å². The van der Waals surface area contributed by atoms with Crippen LogP contribution in [0, 0.1) is 0 Å². The van der Waals surface area contributed by atoms with Gasteiger partial charge in [0, 0.05) is 19.4 Å². The first-order valence-electron chi connectivity index (χ1n) is 16.7. The fraction of sp³-hybridized carbons (Fsp3) is 0.875. The number of ether oxygens (including phenoxy) is 1. The summed E-state index contributed by atoms with van der Waals surface area (Å²) in [6.45, 7) is 3.44. The number of hydrogen-bond donors (Lipinski definition) is 3. The Morgan fingerprint density at radius 3 is 1.79 bits per heavy atom. The number of carbonyl (C=O) groups is 2. The summed E-state index contributed by atoms with van der Waals surface area (Å²) in [5.41, 5.74) is 0. The Morgan fingerprint density at radius 1 is 0.714 bits per heavy atom. The lowest BCUT2D eigenvalue weighted by Crippen LogP contribution is -2.27. The van der Waals surface area contributed by atoms with Crippen LogP contribution < -0.4 is 5.32 Å². The van der Waals surface area contributed by atoms with Crippen molar-refractivity contribution in [1.29, 1.82) is 0 Å². The van der Waals surface area contributed by atoms with Gasteiger partial charge in [0.2, 0.25) is 5.91 Å².